The predicted octanol–water partition coefficient (Wildman–Crippen LogP) is 2.17. The van der Waals surface area contributed by atoms with Crippen LogP contribution in [0.15, 0.2) is 23.1 Å². The Morgan fingerprint density at radius 3 is 2.29 bits per heavy atom. The van der Waals surface area contributed by atoms with Gasteiger partial charge in [-0.05, 0) is 61.4 Å². The minimum Gasteiger partial charge on any atom is -0.330 e. The highest BCUT2D eigenvalue weighted by molar-refractivity contribution is 7.89. The summed E-state index contributed by atoms with van der Waals surface area (Å²) < 4.78 is 27.1. The summed E-state index contributed by atoms with van der Waals surface area (Å²) >= 11 is 0. The quantitative estimate of drug-likeness (QED) is 0.906. The van der Waals surface area contributed by atoms with Gasteiger partial charge in [-0.3, -0.25) is 0 Å². The van der Waals surface area contributed by atoms with Crippen molar-refractivity contribution < 1.29 is 8.42 Å². The smallest absolute Gasteiger partial charge is 0.243 e. The van der Waals surface area contributed by atoms with Crippen LogP contribution in [0.4, 0.5) is 0 Å². The predicted molar refractivity (Wildman–Crippen MR) is 85.7 cm³/mol. The number of piperidine rings is 1. The molecule has 118 valence electrons. The molecule has 2 N–H and O–H groups in total. The van der Waals surface area contributed by atoms with Crippen LogP contribution >= 0.6 is 0 Å². The third-order valence-electron chi connectivity index (χ3n) is 4.48. The van der Waals surface area contributed by atoms with Gasteiger partial charge in [0, 0.05) is 13.1 Å². The van der Waals surface area contributed by atoms with Crippen LogP contribution in [0.3, 0.4) is 0 Å². The van der Waals surface area contributed by atoms with E-state index in [1.54, 1.807) is 10.4 Å². The first-order valence-electron chi connectivity index (χ1n) is 7.84. The number of hydrogen-bond donors (Lipinski definition) is 1. The lowest BCUT2D eigenvalue weighted by molar-refractivity contribution is 0.278. The highest BCUT2D eigenvalue weighted by atomic mass is 32.2. The van der Waals surface area contributed by atoms with E-state index in [2.05, 4.69) is 13.8 Å². The third-order valence-corrected chi connectivity index (χ3v) is 6.38. The minimum atomic E-state index is -3.36. The maximum atomic E-state index is 12.7. The highest BCUT2D eigenvalue weighted by Crippen LogP contribution is 2.25. The zero-order valence-electron chi connectivity index (χ0n) is 13.0. The first-order valence-corrected chi connectivity index (χ1v) is 9.28. The van der Waals surface area contributed by atoms with Crippen LogP contribution in [0.5, 0.6) is 0 Å². The molecule has 0 saturated carbocycles. The Bertz CT molecular complexity index is 576. The van der Waals surface area contributed by atoms with Crippen molar-refractivity contribution in [1.29, 1.82) is 0 Å². The summed E-state index contributed by atoms with van der Waals surface area (Å²) in [4.78, 5) is 0.433. The fraction of sp³-hybridized carbons (Fsp3) is 0.625. The summed E-state index contributed by atoms with van der Waals surface area (Å²) in [6.45, 7) is 5.99. The van der Waals surface area contributed by atoms with Gasteiger partial charge in [-0.2, -0.15) is 4.31 Å². The summed E-state index contributed by atoms with van der Waals surface area (Å²) in [6, 6.07) is 5.56. The molecule has 0 atom stereocenters. The normalized spacial score (nSPS) is 18.0. The lowest BCUT2D eigenvalue weighted by atomic mass is 9.99. The summed E-state index contributed by atoms with van der Waals surface area (Å²) in [5.41, 5.74) is 8.04. The number of hydrogen-bond acceptors (Lipinski definition) is 3. The summed E-state index contributed by atoms with van der Waals surface area (Å²) in [6.07, 6.45) is 3.53. The van der Waals surface area contributed by atoms with E-state index in [4.69, 9.17) is 5.73 Å². The monoisotopic (exact) mass is 310 g/mol. The number of sulfonamides is 1. The zero-order valence-corrected chi connectivity index (χ0v) is 13.8. The average Bonchev–Trinajstić information content (AvgIpc) is 2.54. The van der Waals surface area contributed by atoms with E-state index in [1.165, 1.54) is 5.56 Å². The van der Waals surface area contributed by atoms with Crippen LogP contribution in [-0.4, -0.2) is 32.4 Å². The second kappa shape index (κ2) is 6.90. The molecule has 0 spiro atoms. The van der Waals surface area contributed by atoms with E-state index < -0.39 is 10.0 Å². The number of rotatable bonds is 5. The van der Waals surface area contributed by atoms with Crippen molar-refractivity contribution in [2.75, 3.05) is 19.6 Å². The Morgan fingerprint density at radius 2 is 1.76 bits per heavy atom. The molecule has 1 heterocycles. The Kier molecular flexibility index (Phi) is 5.41. The molecule has 0 bridgehead atoms. The molecule has 0 unspecified atom stereocenters. The lowest BCUT2D eigenvalue weighted by Crippen LogP contribution is -2.40. The van der Waals surface area contributed by atoms with Crippen LogP contribution in [0.1, 0.15) is 37.8 Å². The fourth-order valence-corrected chi connectivity index (χ4v) is 4.49. The van der Waals surface area contributed by atoms with E-state index in [9.17, 15) is 8.42 Å². The number of aryl methyl sites for hydroxylation is 2. The van der Waals surface area contributed by atoms with Crippen LogP contribution in [-0.2, 0) is 22.9 Å². The molecular weight excluding hydrogens is 284 g/mol. The van der Waals surface area contributed by atoms with Crippen molar-refractivity contribution in [3.8, 4) is 0 Å². The maximum Gasteiger partial charge on any atom is 0.243 e. The maximum absolute atomic E-state index is 12.7. The molecule has 4 nitrogen and oxygen atoms in total. The molecule has 5 heteroatoms. The van der Waals surface area contributed by atoms with Crippen molar-refractivity contribution in [2.45, 2.75) is 44.4 Å². The molecule has 1 aromatic carbocycles. The van der Waals surface area contributed by atoms with Crippen molar-refractivity contribution in [2.24, 2.45) is 11.7 Å². The summed E-state index contributed by atoms with van der Waals surface area (Å²) in [5.74, 6) is 0.463. The molecule has 0 aliphatic carbocycles. The fourth-order valence-electron chi connectivity index (χ4n) is 2.97. The van der Waals surface area contributed by atoms with Crippen molar-refractivity contribution in [3.63, 3.8) is 0 Å². The standard InChI is InChI=1S/C16H26N2O2S/c1-3-14-5-6-16(11-15(14)4-2)21(19,20)18-9-7-13(12-17)8-10-18/h5-6,11,13H,3-4,7-10,12,17H2,1-2H3. The lowest BCUT2D eigenvalue weighted by Gasteiger charge is -2.30. The van der Waals surface area contributed by atoms with Crippen LogP contribution in [0.25, 0.3) is 0 Å². The molecule has 1 saturated heterocycles. The van der Waals surface area contributed by atoms with Gasteiger partial charge in [0.05, 0.1) is 4.90 Å². The Hall–Kier alpha value is -0.910. The van der Waals surface area contributed by atoms with Crippen LogP contribution < -0.4 is 5.73 Å². The Labute approximate surface area is 128 Å². The second-order valence-electron chi connectivity index (χ2n) is 5.72. The molecule has 0 aromatic heterocycles. The minimum absolute atomic E-state index is 0.433. The van der Waals surface area contributed by atoms with E-state index in [1.807, 2.05) is 12.1 Å². The molecule has 21 heavy (non-hydrogen) atoms. The van der Waals surface area contributed by atoms with Gasteiger partial charge in [0.25, 0.3) is 0 Å². The topological polar surface area (TPSA) is 63.4 Å². The molecule has 1 aliphatic heterocycles. The molecule has 1 aliphatic rings. The van der Waals surface area contributed by atoms with Crippen molar-refractivity contribution in [1.82, 2.24) is 4.31 Å². The van der Waals surface area contributed by atoms with Crippen LogP contribution in [0, 0.1) is 5.92 Å². The Balaban J connectivity index is 2.24. The molecule has 1 fully saturated rings. The van der Waals surface area contributed by atoms with Gasteiger partial charge >= 0.3 is 0 Å². The van der Waals surface area contributed by atoms with E-state index in [-0.39, 0.29) is 0 Å². The van der Waals surface area contributed by atoms with Gasteiger partial charge in [0.2, 0.25) is 10.0 Å². The van der Waals surface area contributed by atoms with E-state index in [0.29, 0.717) is 30.4 Å². The molecule has 2 rings (SSSR count). The van der Waals surface area contributed by atoms with E-state index >= 15 is 0 Å². The van der Waals surface area contributed by atoms with Gasteiger partial charge in [0.1, 0.15) is 0 Å². The van der Waals surface area contributed by atoms with Crippen LogP contribution in [0.2, 0.25) is 0 Å². The van der Waals surface area contributed by atoms with Gasteiger partial charge in [-0.1, -0.05) is 19.9 Å². The van der Waals surface area contributed by atoms with Gasteiger partial charge in [-0.25, -0.2) is 8.42 Å². The summed E-state index contributed by atoms with van der Waals surface area (Å²) in [7, 11) is -3.36. The number of benzene rings is 1. The highest BCUT2D eigenvalue weighted by Gasteiger charge is 2.29. The molecule has 0 radical (unpaired) electrons. The zero-order chi connectivity index (χ0) is 15.5. The SMILES string of the molecule is CCc1ccc(S(=O)(=O)N2CCC(CN)CC2)cc1CC. The van der Waals surface area contributed by atoms with Crippen molar-refractivity contribution >= 4 is 10.0 Å². The van der Waals surface area contributed by atoms with Crippen molar-refractivity contribution in [3.05, 3.63) is 29.3 Å². The second-order valence-corrected chi connectivity index (χ2v) is 7.66. The molecule has 1 aromatic rings. The largest absolute Gasteiger partial charge is 0.330 e. The molecular formula is C16H26N2O2S. The van der Waals surface area contributed by atoms with Gasteiger partial charge < -0.3 is 5.73 Å². The first-order chi connectivity index (χ1) is 10.0. The molecule has 0 amide bonds. The Morgan fingerprint density at radius 1 is 1.14 bits per heavy atom. The third kappa shape index (κ3) is 3.47. The first kappa shape index (κ1) is 16.5. The number of nitrogens with zero attached hydrogens (tertiary/aromatic N) is 1. The summed E-state index contributed by atoms with van der Waals surface area (Å²) in [5, 5.41) is 0. The van der Waals surface area contributed by atoms with E-state index in [0.717, 1.165) is 31.2 Å². The number of nitrogens with two attached hydrogens (primary N) is 1. The van der Waals surface area contributed by atoms with Gasteiger partial charge in [-0.15, -0.1) is 0 Å². The van der Waals surface area contributed by atoms with Gasteiger partial charge in [0.15, 0.2) is 0 Å². The average molecular weight is 310 g/mol.